The molecule has 2 N–H and O–H groups in total. The summed E-state index contributed by atoms with van der Waals surface area (Å²) in [6.45, 7) is 3.43. The maximum absolute atomic E-state index is 12.8. The van der Waals surface area contributed by atoms with E-state index in [1.807, 2.05) is 24.3 Å². The highest BCUT2D eigenvalue weighted by molar-refractivity contribution is 6.31. The fraction of sp³-hybridized carbons (Fsp3) is 0.179. The van der Waals surface area contributed by atoms with E-state index in [0.717, 1.165) is 11.1 Å². The molecule has 3 aromatic carbocycles. The number of aromatic nitrogens is 1. The molecular formula is C28H23ClN2O7. The third-order valence-corrected chi connectivity index (χ3v) is 6.44. The first-order valence-electron chi connectivity index (χ1n) is 11.7. The zero-order valence-electron chi connectivity index (χ0n) is 20.5. The number of benzene rings is 3. The van der Waals surface area contributed by atoms with Crippen molar-refractivity contribution in [2.75, 3.05) is 12.1 Å². The topological polar surface area (TPSA) is 120 Å². The maximum Gasteiger partial charge on any atom is 0.412 e. The highest BCUT2D eigenvalue weighted by Crippen LogP contribution is 2.49. The molecule has 0 radical (unpaired) electrons. The van der Waals surface area contributed by atoms with Crippen LogP contribution in [0.1, 0.15) is 29.8 Å². The van der Waals surface area contributed by atoms with E-state index in [1.54, 1.807) is 50.2 Å². The number of fused-ring (bicyclic) bond motifs is 1. The number of carbonyl (C=O) groups is 2. The number of nitrogens with zero attached hydrogens (tertiary/aromatic N) is 1. The number of carboxylic acid groups (broad SMARTS) is 1. The fourth-order valence-electron chi connectivity index (χ4n) is 4.24. The number of aliphatic carboxylic acids is 1. The summed E-state index contributed by atoms with van der Waals surface area (Å²) in [6.07, 6.45) is -1.34. The summed E-state index contributed by atoms with van der Waals surface area (Å²) in [5.41, 5.74) is 4.30. The van der Waals surface area contributed by atoms with Crippen molar-refractivity contribution in [2.24, 2.45) is 0 Å². The summed E-state index contributed by atoms with van der Waals surface area (Å²) < 4.78 is 22.7. The summed E-state index contributed by atoms with van der Waals surface area (Å²) in [4.78, 5) is 23.8. The number of amides is 1. The van der Waals surface area contributed by atoms with E-state index in [-0.39, 0.29) is 19.0 Å². The van der Waals surface area contributed by atoms with E-state index in [9.17, 15) is 9.59 Å². The standard InChI is InChI=1S/C28H23ClN2O7/c1-15-24(30-28(34)37-16(2)19-5-3-4-6-22(19)29)25(38-31-15)21-12-11-20(26-27(21)36-14-35-26)18-9-7-17(8-10-18)13-23(32)33/h3-12,16H,13-14H2,1-2H3,(H,30,34)(H,32,33). The maximum atomic E-state index is 12.8. The first-order valence-corrected chi connectivity index (χ1v) is 12.1. The molecule has 0 saturated carbocycles. The van der Waals surface area contributed by atoms with Crippen molar-refractivity contribution < 1.29 is 33.4 Å². The minimum Gasteiger partial charge on any atom is -0.481 e. The van der Waals surface area contributed by atoms with E-state index in [2.05, 4.69) is 10.5 Å². The van der Waals surface area contributed by atoms with Crippen molar-refractivity contribution in [3.8, 4) is 33.9 Å². The van der Waals surface area contributed by atoms with E-state index in [0.29, 0.717) is 44.6 Å². The van der Waals surface area contributed by atoms with Gasteiger partial charge in [0.15, 0.2) is 17.3 Å². The van der Waals surface area contributed by atoms with Crippen molar-refractivity contribution in [1.29, 1.82) is 0 Å². The number of carbonyl (C=O) groups excluding carboxylic acids is 1. The van der Waals surface area contributed by atoms with Crippen LogP contribution in [0, 0.1) is 6.92 Å². The number of ether oxygens (including phenoxy) is 3. The molecule has 0 bridgehead atoms. The van der Waals surface area contributed by atoms with Gasteiger partial charge in [-0.15, -0.1) is 0 Å². The first-order chi connectivity index (χ1) is 18.3. The van der Waals surface area contributed by atoms with Crippen LogP contribution < -0.4 is 14.8 Å². The molecule has 1 atom stereocenters. The number of anilines is 1. The summed E-state index contributed by atoms with van der Waals surface area (Å²) in [5.74, 6) is 0.334. The van der Waals surface area contributed by atoms with Gasteiger partial charge in [-0.25, -0.2) is 4.79 Å². The Kier molecular flexibility index (Phi) is 6.93. The lowest BCUT2D eigenvalue weighted by molar-refractivity contribution is -0.136. The number of hydrogen-bond donors (Lipinski definition) is 2. The monoisotopic (exact) mass is 534 g/mol. The smallest absolute Gasteiger partial charge is 0.412 e. The Bertz CT molecular complexity index is 1510. The second kappa shape index (κ2) is 10.5. The number of halogens is 1. The fourth-order valence-corrected chi connectivity index (χ4v) is 4.53. The van der Waals surface area contributed by atoms with Gasteiger partial charge < -0.3 is 23.8 Å². The van der Waals surface area contributed by atoms with Crippen LogP contribution >= 0.6 is 11.6 Å². The van der Waals surface area contributed by atoms with Crippen molar-refractivity contribution in [1.82, 2.24) is 5.16 Å². The molecule has 0 fully saturated rings. The summed E-state index contributed by atoms with van der Waals surface area (Å²) in [5, 5.41) is 16.3. The van der Waals surface area contributed by atoms with Gasteiger partial charge in [0.25, 0.3) is 0 Å². The lowest BCUT2D eigenvalue weighted by atomic mass is 9.98. The molecule has 2 heterocycles. The Balaban J connectivity index is 1.41. The number of carboxylic acids is 1. The van der Waals surface area contributed by atoms with Crippen molar-refractivity contribution in [3.05, 3.63) is 82.5 Å². The zero-order chi connectivity index (χ0) is 26.8. The molecule has 9 nitrogen and oxygen atoms in total. The normalized spacial score (nSPS) is 12.7. The molecule has 1 aliphatic heterocycles. The van der Waals surface area contributed by atoms with E-state index < -0.39 is 18.2 Å². The second-order valence-electron chi connectivity index (χ2n) is 8.66. The molecule has 1 aromatic heterocycles. The van der Waals surface area contributed by atoms with Gasteiger partial charge in [-0.1, -0.05) is 59.2 Å². The highest BCUT2D eigenvalue weighted by atomic mass is 35.5. The summed E-state index contributed by atoms with van der Waals surface area (Å²) in [6, 6.07) is 18.0. The average molecular weight is 535 g/mol. The predicted molar refractivity (Wildman–Crippen MR) is 140 cm³/mol. The molecule has 4 aromatic rings. The molecule has 194 valence electrons. The van der Waals surface area contributed by atoms with Crippen LogP contribution in [-0.4, -0.2) is 29.1 Å². The van der Waals surface area contributed by atoms with E-state index in [1.165, 1.54) is 0 Å². The van der Waals surface area contributed by atoms with Gasteiger partial charge in [-0.05, 0) is 43.2 Å². The van der Waals surface area contributed by atoms with Gasteiger partial charge in [-0.3, -0.25) is 10.1 Å². The molecule has 38 heavy (non-hydrogen) atoms. The zero-order valence-corrected chi connectivity index (χ0v) is 21.2. The molecule has 0 aliphatic carbocycles. The van der Waals surface area contributed by atoms with Crippen LogP contribution in [-0.2, 0) is 16.0 Å². The van der Waals surface area contributed by atoms with Crippen molar-refractivity contribution in [2.45, 2.75) is 26.4 Å². The Morgan fingerprint density at radius 2 is 1.74 bits per heavy atom. The molecule has 5 rings (SSSR count). The minimum absolute atomic E-state index is 0.00369. The minimum atomic E-state index is -0.895. The van der Waals surface area contributed by atoms with Gasteiger partial charge in [0.05, 0.1) is 12.0 Å². The van der Waals surface area contributed by atoms with E-state index in [4.69, 9.17) is 35.4 Å². The SMILES string of the molecule is Cc1noc(-c2ccc(-c3ccc(CC(=O)O)cc3)c3c2OCO3)c1NC(=O)OC(C)c1ccccc1Cl. The Morgan fingerprint density at radius 3 is 2.45 bits per heavy atom. The van der Waals surface area contributed by atoms with Crippen LogP contribution in [0.5, 0.6) is 11.5 Å². The Hall–Kier alpha value is -4.50. The van der Waals surface area contributed by atoms with Crippen molar-refractivity contribution in [3.63, 3.8) is 0 Å². The second-order valence-corrected chi connectivity index (χ2v) is 9.07. The summed E-state index contributed by atoms with van der Waals surface area (Å²) >= 11 is 6.23. The molecule has 0 spiro atoms. The third-order valence-electron chi connectivity index (χ3n) is 6.10. The Labute approximate surface area is 222 Å². The van der Waals surface area contributed by atoms with Gasteiger partial charge in [0.2, 0.25) is 6.79 Å². The lowest BCUT2D eigenvalue weighted by Crippen LogP contribution is -2.17. The predicted octanol–water partition coefficient (Wildman–Crippen LogP) is 6.64. The summed E-state index contributed by atoms with van der Waals surface area (Å²) in [7, 11) is 0. The van der Waals surface area contributed by atoms with Gasteiger partial charge in [0.1, 0.15) is 17.5 Å². The molecule has 1 aliphatic rings. The number of aryl methyl sites for hydroxylation is 1. The lowest BCUT2D eigenvalue weighted by Gasteiger charge is -2.15. The van der Waals surface area contributed by atoms with Crippen LogP contribution in [0.25, 0.3) is 22.5 Å². The number of hydrogen-bond acceptors (Lipinski definition) is 7. The van der Waals surface area contributed by atoms with Crippen LogP contribution in [0.3, 0.4) is 0 Å². The van der Waals surface area contributed by atoms with Crippen LogP contribution in [0.2, 0.25) is 5.02 Å². The third kappa shape index (κ3) is 5.01. The first kappa shape index (κ1) is 25.2. The number of rotatable bonds is 7. The van der Waals surface area contributed by atoms with Crippen LogP contribution in [0.4, 0.5) is 10.5 Å². The average Bonchev–Trinajstić information content (AvgIpc) is 3.51. The molecular weight excluding hydrogens is 512 g/mol. The van der Waals surface area contributed by atoms with Crippen molar-refractivity contribution >= 4 is 29.4 Å². The molecule has 1 unspecified atom stereocenters. The number of nitrogens with one attached hydrogen (secondary N) is 1. The van der Waals surface area contributed by atoms with E-state index >= 15 is 0 Å². The molecule has 1 amide bonds. The van der Waals surface area contributed by atoms with Gasteiger partial charge in [0, 0.05) is 16.1 Å². The quantitative estimate of drug-likeness (QED) is 0.271. The highest BCUT2D eigenvalue weighted by Gasteiger charge is 2.29. The van der Waals surface area contributed by atoms with Crippen LogP contribution in [0.15, 0.2) is 65.2 Å². The largest absolute Gasteiger partial charge is 0.481 e. The molecule has 10 heteroatoms. The van der Waals surface area contributed by atoms with Gasteiger partial charge >= 0.3 is 12.1 Å². The molecule has 0 saturated heterocycles. The Morgan fingerprint density at radius 1 is 1.05 bits per heavy atom. The van der Waals surface area contributed by atoms with Gasteiger partial charge in [-0.2, -0.15) is 0 Å².